The third-order valence-corrected chi connectivity index (χ3v) is 13.5. The molecule has 2 aromatic carbocycles. The van der Waals surface area contributed by atoms with Crippen LogP contribution < -0.4 is 25.3 Å². The number of rotatable bonds is 7. The molecule has 9 rings (SSSR count). The molecule has 1 aromatic heterocycles. The molecule has 3 aromatic rings. The van der Waals surface area contributed by atoms with Crippen molar-refractivity contribution in [1.82, 2.24) is 25.0 Å². The van der Waals surface area contributed by atoms with Crippen molar-refractivity contribution >= 4 is 64.1 Å². The van der Waals surface area contributed by atoms with Crippen LogP contribution in [0.3, 0.4) is 0 Å². The van der Waals surface area contributed by atoms with Gasteiger partial charge in [-0.2, -0.15) is 5.26 Å². The number of hydrogen-bond acceptors (Lipinski definition) is 11. The quantitative estimate of drug-likeness (QED) is 0.329. The molecule has 0 bridgehead atoms. The predicted octanol–water partition coefficient (Wildman–Crippen LogP) is 4.18. The summed E-state index contributed by atoms with van der Waals surface area (Å²) >= 11 is 6.23. The van der Waals surface area contributed by atoms with Crippen LogP contribution in [0.1, 0.15) is 64.8 Å². The van der Waals surface area contributed by atoms with Crippen molar-refractivity contribution < 1.29 is 24.0 Å². The molecule has 7 heterocycles. The van der Waals surface area contributed by atoms with Crippen molar-refractivity contribution in [2.75, 3.05) is 92.0 Å². The van der Waals surface area contributed by atoms with E-state index in [4.69, 9.17) is 21.8 Å². The number of amides is 6. The van der Waals surface area contributed by atoms with Gasteiger partial charge >= 0.3 is 6.03 Å². The first-order chi connectivity index (χ1) is 28.6. The lowest BCUT2D eigenvalue weighted by atomic mass is 9.71. The Morgan fingerprint density at radius 2 is 1.53 bits per heavy atom. The third-order valence-electron chi connectivity index (χ3n) is 13.2. The third kappa shape index (κ3) is 7.67. The van der Waals surface area contributed by atoms with Gasteiger partial charge in [-0.3, -0.25) is 29.4 Å². The summed E-state index contributed by atoms with van der Waals surface area (Å²) < 4.78 is 0. The fourth-order valence-electron chi connectivity index (χ4n) is 9.76. The fourth-order valence-corrected chi connectivity index (χ4v) is 9.98. The molecular formula is C43H47ClN10O5. The van der Waals surface area contributed by atoms with E-state index < -0.39 is 23.8 Å². The summed E-state index contributed by atoms with van der Waals surface area (Å²) in [6.07, 6.45) is 6.34. The molecular weight excluding hydrogens is 772 g/mol. The van der Waals surface area contributed by atoms with Crippen molar-refractivity contribution in [1.29, 1.82) is 5.26 Å². The highest BCUT2D eigenvalue weighted by Crippen LogP contribution is 2.43. The predicted molar refractivity (Wildman–Crippen MR) is 222 cm³/mol. The first-order valence-corrected chi connectivity index (χ1v) is 21.0. The Kier molecular flexibility index (Phi) is 10.4. The highest BCUT2D eigenvalue weighted by atomic mass is 35.5. The highest BCUT2D eigenvalue weighted by Gasteiger charge is 2.47. The van der Waals surface area contributed by atoms with Crippen LogP contribution in [0.4, 0.5) is 27.7 Å². The smallest absolute Gasteiger partial charge is 0.322 e. The SMILES string of the molecule is N#Cc1ccc(N2CCN(C(=O)Nc3ccc(N4CCC(CN5CC6(CCN(c7ccc8c(c7)C(=O)N(C7CCC(=O)NC7=O)C8=O)CC6)C5)CC4)nc3)CC2)cc1Cl. The molecule has 2 N–H and O–H groups in total. The summed E-state index contributed by atoms with van der Waals surface area (Å²) in [7, 11) is 0. The van der Waals surface area contributed by atoms with Gasteiger partial charge in [-0.25, -0.2) is 9.78 Å². The maximum absolute atomic E-state index is 13.4. The minimum absolute atomic E-state index is 0.0985. The van der Waals surface area contributed by atoms with Crippen LogP contribution in [-0.4, -0.2) is 127 Å². The van der Waals surface area contributed by atoms with E-state index in [0.29, 0.717) is 64.9 Å². The molecule has 0 saturated carbocycles. The lowest BCUT2D eigenvalue weighted by Crippen LogP contribution is -2.61. The van der Waals surface area contributed by atoms with Crippen molar-refractivity contribution in [3.8, 4) is 6.07 Å². The van der Waals surface area contributed by atoms with Crippen molar-refractivity contribution in [3.05, 3.63) is 76.4 Å². The molecule has 0 aliphatic carbocycles. The van der Waals surface area contributed by atoms with E-state index in [0.717, 1.165) is 93.6 Å². The first kappa shape index (κ1) is 38.8. The van der Waals surface area contributed by atoms with Gasteiger partial charge in [0.2, 0.25) is 11.8 Å². The molecule has 0 radical (unpaired) electrons. The number of nitriles is 1. The molecule has 16 heteroatoms. The molecule has 1 spiro atoms. The van der Waals surface area contributed by atoms with Crippen LogP contribution in [0, 0.1) is 22.7 Å². The van der Waals surface area contributed by atoms with Gasteiger partial charge in [0.1, 0.15) is 17.9 Å². The standard InChI is InChI=1S/C43H47ClN10O5/c44-35-22-32(3-1-29(35)23-45)51-17-19-53(20-18-51)42(59)47-30-2-7-37(46-24-30)52-13-9-28(10-14-52)25-49-26-43(27-49)11-15-50(16-12-43)31-4-5-33-34(21-31)41(58)54(40(33)57)36-6-8-38(55)48-39(36)56/h1-5,7,21-22,24,28,36H,6,8-20,25-27H2,(H,47,59)(H,48,55,56). The van der Waals surface area contributed by atoms with Crippen molar-refractivity contribution in [3.63, 3.8) is 0 Å². The number of imide groups is 2. The largest absolute Gasteiger partial charge is 0.371 e. The fraction of sp³-hybridized carbons (Fsp3) is 0.465. The number of likely N-dealkylation sites (tertiary alicyclic amines) is 1. The minimum atomic E-state index is -0.964. The van der Waals surface area contributed by atoms with Gasteiger partial charge in [-0.15, -0.1) is 0 Å². The van der Waals surface area contributed by atoms with Gasteiger partial charge in [-0.1, -0.05) is 11.6 Å². The average Bonchev–Trinajstić information content (AvgIpc) is 3.48. The van der Waals surface area contributed by atoms with E-state index in [9.17, 15) is 24.0 Å². The van der Waals surface area contributed by atoms with E-state index >= 15 is 0 Å². The van der Waals surface area contributed by atoms with Crippen LogP contribution in [-0.2, 0) is 9.59 Å². The van der Waals surface area contributed by atoms with Gasteiger partial charge in [0.25, 0.3) is 11.8 Å². The highest BCUT2D eigenvalue weighted by molar-refractivity contribution is 6.32. The Hall–Kier alpha value is -5.72. The van der Waals surface area contributed by atoms with E-state index in [2.05, 4.69) is 36.3 Å². The number of anilines is 4. The Labute approximate surface area is 347 Å². The zero-order valence-corrected chi connectivity index (χ0v) is 33.6. The minimum Gasteiger partial charge on any atom is -0.371 e. The van der Waals surface area contributed by atoms with Gasteiger partial charge in [0.15, 0.2) is 0 Å². The zero-order chi connectivity index (χ0) is 40.8. The lowest BCUT2D eigenvalue weighted by Gasteiger charge is -2.55. The van der Waals surface area contributed by atoms with Crippen molar-refractivity contribution in [2.45, 2.75) is 44.6 Å². The van der Waals surface area contributed by atoms with Gasteiger partial charge in [-0.05, 0) is 92.0 Å². The van der Waals surface area contributed by atoms with Gasteiger partial charge in [0.05, 0.1) is 33.6 Å². The molecule has 6 amide bonds. The summed E-state index contributed by atoms with van der Waals surface area (Å²) in [6, 6.07) is 15.7. The lowest BCUT2D eigenvalue weighted by molar-refractivity contribution is -0.136. The Balaban J connectivity index is 0.691. The topological polar surface area (TPSA) is 166 Å². The number of pyridine rings is 1. The number of urea groups is 1. The number of benzene rings is 2. The average molecular weight is 819 g/mol. The number of hydrogen-bond donors (Lipinski definition) is 2. The van der Waals surface area contributed by atoms with E-state index in [1.54, 1.807) is 35.4 Å². The maximum Gasteiger partial charge on any atom is 0.322 e. The second-order valence-corrected chi connectivity index (χ2v) is 17.3. The molecule has 1 atom stereocenters. The summed E-state index contributed by atoms with van der Waals surface area (Å²) in [4.78, 5) is 80.5. The molecule has 1 unspecified atom stereocenters. The zero-order valence-electron chi connectivity index (χ0n) is 32.9. The van der Waals surface area contributed by atoms with Crippen LogP contribution in [0.25, 0.3) is 0 Å². The first-order valence-electron chi connectivity index (χ1n) is 20.6. The normalized spacial score (nSPS) is 22.3. The molecule has 6 aliphatic rings. The summed E-state index contributed by atoms with van der Waals surface area (Å²) in [6.45, 7) is 9.48. The summed E-state index contributed by atoms with van der Waals surface area (Å²) in [5.41, 5.74) is 3.94. The molecule has 15 nitrogen and oxygen atoms in total. The maximum atomic E-state index is 13.4. The number of fused-ring (bicyclic) bond motifs is 1. The van der Waals surface area contributed by atoms with E-state index in [-0.39, 0.29) is 24.8 Å². The van der Waals surface area contributed by atoms with E-state index in [1.807, 2.05) is 24.3 Å². The van der Waals surface area contributed by atoms with E-state index in [1.165, 1.54) is 0 Å². The van der Waals surface area contributed by atoms with Crippen LogP contribution >= 0.6 is 11.6 Å². The number of piperazine rings is 1. The second-order valence-electron chi connectivity index (χ2n) is 16.8. The number of halogens is 1. The van der Waals surface area contributed by atoms with Gasteiger partial charge in [0, 0.05) is 89.8 Å². The second kappa shape index (κ2) is 15.8. The van der Waals surface area contributed by atoms with Crippen LogP contribution in [0.2, 0.25) is 5.02 Å². The van der Waals surface area contributed by atoms with Crippen LogP contribution in [0.5, 0.6) is 0 Å². The molecule has 5 fully saturated rings. The Morgan fingerprint density at radius 3 is 2.20 bits per heavy atom. The van der Waals surface area contributed by atoms with Gasteiger partial charge < -0.3 is 29.8 Å². The number of nitrogens with zero attached hydrogens (tertiary/aromatic N) is 8. The Morgan fingerprint density at radius 1 is 0.831 bits per heavy atom. The molecule has 306 valence electrons. The monoisotopic (exact) mass is 818 g/mol. The number of piperidine rings is 3. The number of aromatic nitrogens is 1. The van der Waals surface area contributed by atoms with Crippen LogP contribution in [0.15, 0.2) is 54.7 Å². The van der Waals surface area contributed by atoms with Crippen molar-refractivity contribution in [2.24, 2.45) is 11.3 Å². The number of carbonyl (C=O) groups excluding carboxylic acids is 5. The molecule has 59 heavy (non-hydrogen) atoms. The molecule has 6 aliphatic heterocycles. The summed E-state index contributed by atoms with van der Waals surface area (Å²) in [5, 5.41) is 14.8. The number of nitrogens with one attached hydrogen (secondary N) is 2. The molecule has 5 saturated heterocycles. The Bertz CT molecular complexity index is 2210. The summed E-state index contributed by atoms with van der Waals surface area (Å²) in [5.74, 6) is -0.364. The number of carbonyl (C=O) groups is 5.